The topological polar surface area (TPSA) is 103 Å². The van der Waals surface area contributed by atoms with Gasteiger partial charge in [-0.2, -0.15) is 0 Å². The summed E-state index contributed by atoms with van der Waals surface area (Å²) in [5, 5.41) is 14.4. The number of nitro benzene ring substituents is 1. The smallest absolute Gasteiger partial charge is 0.407 e. The van der Waals surface area contributed by atoms with Crippen molar-refractivity contribution in [2.75, 3.05) is 13.1 Å². The van der Waals surface area contributed by atoms with Crippen LogP contribution in [-0.4, -0.2) is 50.2 Å². The van der Waals surface area contributed by atoms with Gasteiger partial charge in [-0.3, -0.25) is 15.0 Å². The number of nitro groups is 1. The zero-order chi connectivity index (χ0) is 21.9. The van der Waals surface area contributed by atoms with E-state index >= 15 is 0 Å². The number of rotatable bonds is 5. The predicted octanol–water partition coefficient (Wildman–Crippen LogP) is 3.58. The summed E-state index contributed by atoms with van der Waals surface area (Å²) in [4.78, 5) is 29.5. The maximum atomic E-state index is 12.1. The van der Waals surface area contributed by atoms with Crippen LogP contribution in [0, 0.1) is 17.0 Å². The molecule has 1 atom stereocenters. The molecule has 1 aliphatic heterocycles. The Morgan fingerprint density at radius 1 is 1.37 bits per heavy atom. The number of piperidine rings is 1. The molecule has 0 saturated carbocycles. The third-order valence-corrected chi connectivity index (χ3v) is 4.82. The second kappa shape index (κ2) is 8.83. The molecule has 1 unspecified atom stereocenters. The van der Waals surface area contributed by atoms with Gasteiger partial charge in [0, 0.05) is 37.5 Å². The lowest BCUT2D eigenvalue weighted by molar-refractivity contribution is -0.384. The molecule has 1 fully saturated rings. The van der Waals surface area contributed by atoms with Crippen molar-refractivity contribution in [2.24, 2.45) is 0 Å². The highest BCUT2D eigenvalue weighted by molar-refractivity contribution is 5.68. The van der Waals surface area contributed by atoms with Crippen molar-refractivity contribution < 1.29 is 14.5 Å². The molecule has 1 amide bonds. The van der Waals surface area contributed by atoms with E-state index in [4.69, 9.17) is 4.74 Å². The molecule has 1 aromatic heterocycles. The Morgan fingerprint density at radius 3 is 2.77 bits per heavy atom. The van der Waals surface area contributed by atoms with Gasteiger partial charge in [-0.05, 0) is 58.7 Å². The summed E-state index contributed by atoms with van der Waals surface area (Å²) >= 11 is 0. The summed E-state index contributed by atoms with van der Waals surface area (Å²) in [6.45, 7) is 9.48. The number of nitrogens with one attached hydrogen (secondary N) is 1. The van der Waals surface area contributed by atoms with Gasteiger partial charge in [0.25, 0.3) is 5.69 Å². The van der Waals surface area contributed by atoms with Crippen LogP contribution in [0.2, 0.25) is 0 Å². The van der Waals surface area contributed by atoms with Crippen LogP contribution in [0.1, 0.15) is 44.9 Å². The van der Waals surface area contributed by atoms with E-state index in [9.17, 15) is 14.9 Å². The maximum absolute atomic E-state index is 12.1. The summed E-state index contributed by atoms with van der Waals surface area (Å²) in [6, 6.07) is 5.09. The van der Waals surface area contributed by atoms with Gasteiger partial charge in [0.05, 0.1) is 22.6 Å². The normalized spacial score (nSPS) is 17.5. The van der Waals surface area contributed by atoms with Crippen LogP contribution in [-0.2, 0) is 11.3 Å². The molecule has 162 valence electrons. The van der Waals surface area contributed by atoms with Gasteiger partial charge < -0.3 is 14.6 Å². The fourth-order valence-corrected chi connectivity index (χ4v) is 3.61. The first-order valence-corrected chi connectivity index (χ1v) is 10.1. The van der Waals surface area contributed by atoms with Crippen molar-refractivity contribution in [3.8, 4) is 5.69 Å². The molecular weight excluding hydrogens is 386 g/mol. The van der Waals surface area contributed by atoms with Gasteiger partial charge >= 0.3 is 6.09 Å². The number of ether oxygens (including phenoxy) is 1. The van der Waals surface area contributed by atoms with E-state index < -0.39 is 11.7 Å². The SMILES string of the molecule is Cc1cn(-c2cc(CN3CCCC(NC(=O)OC(C)(C)C)C3)cc([N+](=O)[O-])c2)cn1. The number of carbonyl (C=O) groups is 1. The molecule has 0 bridgehead atoms. The molecule has 1 aromatic carbocycles. The number of non-ortho nitro benzene ring substituents is 1. The molecule has 30 heavy (non-hydrogen) atoms. The molecule has 3 rings (SSSR count). The molecule has 0 aliphatic carbocycles. The zero-order valence-electron chi connectivity index (χ0n) is 17.9. The third-order valence-electron chi connectivity index (χ3n) is 4.82. The molecule has 1 saturated heterocycles. The maximum Gasteiger partial charge on any atom is 0.407 e. The van der Waals surface area contributed by atoms with Crippen molar-refractivity contribution in [2.45, 2.75) is 58.7 Å². The van der Waals surface area contributed by atoms with Crippen molar-refractivity contribution >= 4 is 11.8 Å². The second-order valence-corrected chi connectivity index (χ2v) is 8.76. The van der Waals surface area contributed by atoms with Crippen LogP contribution in [0.4, 0.5) is 10.5 Å². The van der Waals surface area contributed by atoms with E-state index in [1.165, 1.54) is 0 Å². The van der Waals surface area contributed by atoms with Crippen molar-refractivity contribution in [1.82, 2.24) is 19.8 Å². The monoisotopic (exact) mass is 415 g/mol. The molecule has 0 radical (unpaired) electrons. The predicted molar refractivity (Wildman–Crippen MR) is 113 cm³/mol. The molecule has 1 N–H and O–H groups in total. The molecular formula is C21H29N5O4. The fourth-order valence-electron chi connectivity index (χ4n) is 3.61. The number of amides is 1. The van der Waals surface area contributed by atoms with Gasteiger partial charge in [0.1, 0.15) is 5.60 Å². The first kappa shape index (κ1) is 21.8. The lowest BCUT2D eigenvalue weighted by Gasteiger charge is -2.33. The van der Waals surface area contributed by atoms with Gasteiger partial charge in [-0.15, -0.1) is 0 Å². The van der Waals surface area contributed by atoms with Crippen molar-refractivity contribution in [3.63, 3.8) is 0 Å². The van der Waals surface area contributed by atoms with E-state index in [1.807, 2.05) is 40.0 Å². The first-order chi connectivity index (χ1) is 14.1. The summed E-state index contributed by atoms with van der Waals surface area (Å²) < 4.78 is 7.14. The van der Waals surface area contributed by atoms with Gasteiger partial charge in [0.15, 0.2) is 0 Å². The van der Waals surface area contributed by atoms with E-state index in [1.54, 1.807) is 23.0 Å². The summed E-state index contributed by atoms with van der Waals surface area (Å²) in [5.41, 5.74) is 1.91. The second-order valence-electron chi connectivity index (χ2n) is 8.76. The molecule has 2 aromatic rings. The lowest BCUT2D eigenvalue weighted by atomic mass is 10.0. The van der Waals surface area contributed by atoms with Gasteiger partial charge in [0.2, 0.25) is 0 Å². The number of likely N-dealkylation sites (tertiary alicyclic amines) is 1. The molecule has 9 nitrogen and oxygen atoms in total. The van der Waals surface area contributed by atoms with Crippen LogP contribution in [0.3, 0.4) is 0 Å². The minimum absolute atomic E-state index is 0.0110. The number of aromatic nitrogens is 2. The number of aryl methyl sites for hydroxylation is 1. The molecule has 1 aliphatic rings. The van der Waals surface area contributed by atoms with Crippen LogP contribution in [0.15, 0.2) is 30.7 Å². The lowest BCUT2D eigenvalue weighted by Crippen LogP contribution is -2.48. The minimum Gasteiger partial charge on any atom is -0.444 e. The standard InChI is InChI=1S/C21H29N5O4/c1-15-11-25(14-22-15)18-8-16(9-19(10-18)26(28)29)12-24-7-5-6-17(13-24)23-20(27)30-21(2,3)4/h8-11,14,17H,5-7,12-13H2,1-4H3,(H,23,27). The van der Waals surface area contributed by atoms with Gasteiger partial charge in [-0.1, -0.05) is 0 Å². The molecule has 0 spiro atoms. The van der Waals surface area contributed by atoms with Crippen molar-refractivity contribution in [3.05, 3.63) is 52.1 Å². The highest BCUT2D eigenvalue weighted by Crippen LogP contribution is 2.23. The number of carbonyl (C=O) groups excluding carboxylic acids is 1. The Bertz CT molecular complexity index is 918. The summed E-state index contributed by atoms with van der Waals surface area (Å²) in [7, 11) is 0. The average Bonchev–Trinajstić information content (AvgIpc) is 3.06. The Morgan fingerprint density at radius 2 is 2.13 bits per heavy atom. The first-order valence-electron chi connectivity index (χ1n) is 10.1. The van der Waals surface area contributed by atoms with Crippen LogP contribution in [0.5, 0.6) is 0 Å². The quantitative estimate of drug-likeness (QED) is 0.591. The Kier molecular flexibility index (Phi) is 6.40. The van der Waals surface area contributed by atoms with Crippen LogP contribution < -0.4 is 5.32 Å². The number of benzene rings is 1. The number of hydrogen-bond acceptors (Lipinski definition) is 6. The average molecular weight is 415 g/mol. The van der Waals surface area contributed by atoms with E-state index in [-0.39, 0.29) is 16.7 Å². The van der Waals surface area contributed by atoms with E-state index in [2.05, 4.69) is 15.2 Å². The fraction of sp³-hybridized carbons (Fsp3) is 0.524. The number of alkyl carbamates (subject to hydrolysis) is 1. The summed E-state index contributed by atoms with van der Waals surface area (Å²) in [5.74, 6) is 0. The third kappa shape index (κ3) is 6.03. The van der Waals surface area contributed by atoms with Crippen LogP contribution in [0.25, 0.3) is 5.69 Å². The van der Waals surface area contributed by atoms with Crippen LogP contribution >= 0.6 is 0 Å². The molecule has 9 heteroatoms. The number of imidazole rings is 1. The Balaban J connectivity index is 1.71. The minimum atomic E-state index is -0.538. The highest BCUT2D eigenvalue weighted by atomic mass is 16.6. The van der Waals surface area contributed by atoms with Gasteiger partial charge in [-0.25, -0.2) is 9.78 Å². The summed E-state index contributed by atoms with van der Waals surface area (Å²) in [6.07, 6.45) is 4.89. The number of hydrogen-bond donors (Lipinski definition) is 1. The Labute approximate surface area is 176 Å². The zero-order valence-corrected chi connectivity index (χ0v) is 17.9. The van der Waals surface area contributed by atoms with E-state index in [0.717, 1.165) is 30.6 Å². The van der Waals surface area contributed by atoms with Crippen molar-refractivity contribution in [1.29, 1.82) is 0 Å². The van der Waals surface area contributed by atoms with E-state index in [0.29, 0.717) is 18.8 Å². The molecule has 2 heterocycles. The largest absolute Gasteiger partial charge is 0.444 e. The highest BCUT2D eigenvalue weighted by Gasteiger charge is 2.24. The Hall–Kier alpha value is -2.94. The number of nitrogens with zero attached hydrogens (tertiary/aromatic N) is 4.